The van der Waals surface area contributed by atoms with Crippen molar-refractivity contribution in [3.05, 3.63) is 0 Å². The number of ether oxygens (including phenoxy) is 5. The summed E-state index contributed by atoms with van der Waals surface area (Å²) < 4.78 is 27.0. The molecule has 0 aliphatic heterocycles. The Morgan fingerprint density at radius 3 is 1.18 bits per heavy atom. The molecule has 15 heteroatoms. The first-order chi connectivity index (χ1) is 29.4. The number of carbonyl (C=O) groups is 6. The van der Waals surface area contributed by atoms with Crippen LogP contribution in [0.3, 0.4) is 0 Å². The number of esters is 5. The van der Waals surface area contributed by atoms with Gasteiger partial charge in [0.15, 0.2) is 0 Å². The van der Waals surface area contributed by atoms with Crippen LogP contribution in [0.4, 0.5) is 4.79 Å². The number of nitrogens with zero attached hydrogens (tertiary/aromatic N) is 2. The predicted octanol–water partition coefficient (Wildman–Crippen LogP) is 8.92. The third-order valence-corrected chi connectivity index (χ3v) is 10.5. The number of hydrogen-bond donors (Lipinski definition) is 1. The first-order valence-electron chi connectivity index (χ1n) is 23.3. The average Bonchev–Trinajstić information content (AvgIpc) is 3.24. The molecule has 0 aromatic carbocycles. The first-order valence-corrected chi connectivity index (χ1v) is 24.3. The van der Waals surface area contributed by atoms with E-state index < -0.39 is 23.8 Å². The SMILES string of the molecule is CCCC.CCCCCCCCC(=O)OCC(COC(=O)CCCCCC)COC(=O)CCN(CCC(=O)OCC(CO)COC(=O)CCCCC)C(=O)SCCCN(C)C. The molecule has 0 aliphatic carbocycles. The van der Waals surface area contributed by atoms with E-state index in [1.807, 2.05) is 25.9 Å². The van der Waals surface area contributed by atoms with Gasteiger partial charge in [-0.2, -0.15) is 0 Å². The van der Waals surface area contributed by atoms with Crippen LogP contribution in [0.15, 0.2) is 0 Å². The lowest BCUT2D eigenvalue weighted by molar-refractivity contribution is -0.154. The molecular formula is C46H86N2O12S. The van der Waals surface area contributed by atoms with E-state index in [0.29, 0.717) is 12.2 Å². The van der Waals surface area contributed by atoms with Gasteiger partial charge in [0, 0.05) is 38.1 Å². The van der Waals surface area contributed by atoms with Gasteiger partial charge in [0.25, 0.3) is 5.24 Å². The summed E-state index contributed by atoms with van der Waals surface area (Å²) in [6.07, 6.45) is 16.5. The number of unbranched alkanes of at least 4 members (excludes halogenated alkanes) is 11. The molecule has 0 rings (SSSR count). The summed E-state index contributed by atoms with van der Waals surface area (Å²) in [5.74, 6) is -2.86. The maximum absolute atomic E-state index is 13.2. The van der Waals surface area contributed by atoms with Crippen LogP contribution >= 0.6 is 11.8 Å². The third-order valence-electron chi connectivity index (χ3n) is 9.52. The highest BCUT2D eigenvalue weighted by molar-refractivity contribution is 8.13. The van der Waals surface area contributed by atoms with Gasteiger partial charge in [0.1, 0.15) is 19.8 Å². The van der Waals surface area contributed by atoms with Crippen LogP contribution in [0, 0.1) is 11.8 Å². The minimum atomic E-state index is -0.602. The van der Waals surface area contributed by atoms with Crippen molar-refractivity contribution in [2.24, 2.45) is 11.8 Å². The largest absolute Gasteiger partial charge is 0.465 e. The molecule has 0 aromatic rings. The Labute approximate surface area is 373 Å². The Morgan fingerprint density at radius 2 is 0.787 bits per heavy atom. The number of rotatable bonds is 38. The van der Waals surface area contributed by atoms with E-state index in [-0.39, 0.29) is 102 Å². The average molecular weight is 891 g/mol. The minimum Gasteiger partial charge on any atom is -0.465 e. The summed E-state index contributed by atoms with van der Waals surface area (Å²) in [5.41, 5.74) is 0. The second-order valence-electron chi connectivity index (χ2n) is 15.9. The zero-order chi connectivity index (χ0) is 45.9. The third kappa shape index (κ3) is 40.9. The van der Waals surface area contributed by atoms with E-state index in [0.717, 1.165) is 102 Å². The Bertz CT molecular complexity index is 1120. The minimum absolute atomic E-state index is 0.00672. The molecule has 1 amide bonds. The van der Waals surface area contributed by atoms with E-state index in [4.69, 9.17) is 23.7 Å². The quantitative estimate of drug-likeness (QED) is 0.0353. The summed E-state index contributed by atoms with van der Waals surface area (Å²) in [6, 6.07) is 0. The molecule has 0 spiro atoms. The van der Waals surface area contributed by atoms with Gasteiger partial charge in [0.05, 0.1) is 44.5 Å². The monoisotopic (exact) mass is 891 g/mol. The van der Waals surface area contributed by atoms with Crippen LogP contribution in [0.1, 0.15) is 169 Å². The topological polar surface area (TPSA) is 175 Å². The van der Waals surface area contributed by atoms with Crippen molar-refractivity contribution in [3.63, 3.8) is 0 Å². The second kappa shape index (κ2) is 43.7. The number of amides is 1. The Morgan fingerprint density at radius 1 is 0.443 bits per heavy atom. The molecule has 61 heavy (non-hydrogen) atoms. The fraction of sp³-hybridized carbons (Fsp3) is 0.870. The molecule has 0 fully saturated rings. The molecule has 1 N–H and O–H groups in total. The fourth-order valence-corrected chi connectivity index (χ4v) is 6.17. The number of thioether (sulfide) groups is 1. The predicted molar refractivity (Wildman–Crippen MR) is 242 cm³/mol. The van der Waals surface area contributed by atoms with Gasteiger partial charge in [0.2, 0.25) is 0 Å². The molecule has 2 atom stereocenters. The van der Waals surface area contributed by atoms with Gasteiger partial charge < -0.3 is 38.6 Å². The van der Waals surface area contributed by atoms with E-state index in [9.17, 15) is 33.9 Å². The second-order valence-corrected chi connectivity index (χ2v) is 16.9. The van der Waals surface area contributed by atoms with Gasteiger partial charge in [-0.15, -0.1) is 0 Å². The molecular weight excluding hydrogens is 805 g/mol. The summed E-state index contributed by atoms with van der Waals surface area (Å²) in [6.45, 7) is 10.6. The van der Waals surface area contributed by atoms with Crippen molar-refractivity contribution in [1.82, 2.24) is 9.80 Å². The lowest BCUT2D eigenvalue weighted by Gasteiger charge is -2.22. The normalized spacial score (nSPS) is 11.8. The van der Waals surface area contributed by atoms with E-state index in [1.165, 1.54) is 24.2 Å². The lowest BCUT2D eigenvalue weighted by Crippen LogP contribution is -2.34. The van der Waals surface area contributed by atoms with E-state index in [2.05, 4.69) is 27.7 Å². The summed E-state index contributed by atoms with van der Waals surface area (Å²) in [5, 5.41) is 9.39. The van der Waals surface area contributed by atoms with Crippen molar-refractivity contribution in [2.45, 2.75) is 169 Å². The number of carbonyl (C=O) groups excluding carboxylic acids is 6. The molecule has 0 radical (unpaired) electrons. The molecule has 358 valence electrons. The van der Waals surface area contributed by atoms with Crippen LogP contribution in [0.25, 0.3) is 0 Å². The van der Waals surface area contributed by atoms with Crippen molar-refractivity contribution >= 4 is 46.8 Å². The zero-order valence-electron chi connectivity index (χ0n) is 39.3. The summed E-state index contributed by atoms with van der Waals surface area (Å²) >= 11 is 1.10. The van der Waals surface area contributed by atoms with Gasteiger partial charge >= 0.3 is 29.8 Å². The van der Waals surface area contributed by atoms with Crippen LogP contribution in [-0.4, -0.2) is 129 Å². The van der Waals surface area contributed by atoms with Crippen LogP contribution in [0.5, 0.6) is 0 Å². The van der Waals surface area contributed by atoms with E-state index in [1.54, 1.807) is 0 Å². The first kappa shape index (κ1) is 60.2. The highest BCUT2D eigenvalue weighted by Crippen LogP contribution is 2.14. The highest BCUT2D eigenvalue weighted by atomic mass is 32.2. The van der Waals surface area contributed by atoms with Crippen molar-refractivity contribution in [1.29, 1.82) is 0 Å². The summed E-state index contributed by atoms with van der Waals surface area (Å²) in [7, 11) is 3.89. The number of aliphatic hydroxyl groups excluding tert-OH is 1. The highest BCUT2D eigenvalue weighted by Gasteiger charge is 2.22. The lowest BCUT2D eigenvalue weighted by atomic mass is 10.1. The molecule has 0 bridgehead atoms. The van der Waals surface area contributed by atoms with Crippen molar-refractivity contribution < 1.29 is 57.6 Å². The molecule has 0 heterocycles. The van der Waals surface area contributed by atoms with Crippen molar-refractivity contribution in [3.8, 4) is 0 Å². The molecule has 2 unspecified atom stereocenters. The maximum Gasteiger partial charge on any atom is 0.307 e. The van der Waals surface area contributed by atoms with Gasteiger partial charge in [-0.25, -0.2) is 0 Å². The van der Waals surface area contributed by atoms with Gasteiger partial charge in [-0.1, -0.05) is 123 Å². The van der Waals surface area contributed by atoms with Gasteiger partial charge in [-0.05, 0) is 46.3 Å². The Balaban J connectivity index is 0. The zero-order valence-corrected chi connectivity index (χ0v) is 40.1. The van der Waals surface area contributed by atoms with Crippen LogP contribution in [0.2, 0.25) is 0 Å². The fourth-order valence-electron chi connectivity index (χ4n) is 5.36. The standard InChI is InChI=1S/C42H76N2O12S.C4H10/c1-6-9-12-14-15-18-22-39(48)55-33-36(32-54-38(47)21-17-13-10-7-2)34-56-41(50)24-27-44(42(51)57-28-19-25-43(4)5)26-23-40(49)53-31-35(29-45)30-52-37(46)20-16-11-8-3;1-3-4-2/h35-36,45H,6-34H2,1-5H3;3-4H2,1-2H3. The van der Waals surface area contributed by atoms with Crippen molar-refractivity contribution in [2.75, 3.05) is 79.1 Å². The van der Waals surface area contributed by atoms with Crippen LogP contribution < -0.4 is 0 Å². The Kier molecular flexibility index (Phi) is 43.1. The summed E-state index contributed by atoms with van der Waals surface area (Å²) in [4.78, 5) is 78.9. The molecule has 0 aromatic heterocycles. The Hall–Kier alpha value is -2.91. The molecule has 0 saturated carbocycles. The smallest absolute Gasteiger partial charge is 0.307 e. The number of aliphatic hydroxyl groups is 1. The van der Waals surface area contributed by atoms with E-state index >= 15 is 0 Å². The molecule has 0 aliphatic rings. The van der Waals surface area contributed by atoms with Gasteiger partial charge in [-0.3, -0.25) is 28.8 Å². The maximum atomic E-state index is 13.2. The van der Waals surface area contributed by atoms with Crippen LogP contribution in [-0.2, 0) is 47.7 Å². The molecule has 0 saturated heterocycles. The molecule has 14 nitrogen and oxygen atoms in total. The number of hydrogen-bond acceptors (Lipinski definition) is 14.